The van der Waals surface area contributed by atoms with Crippen LogP contribution in [-0.4, -0.2) is 16.2 Å². The Hall–Kier alpha value is -1.39. The van der Waals surface area contributed by atoms with Gasteiger partial charge in [-0.1, -0.05) is 36.3 Å². The Bertz CT molecular complexity index is 525. The fraction of sp³-hybridized carbons (Fsp3) is 0.429. The van der Waals surface area contributed by atoms with Gasteiger partial charge in [-0.2, -0.15) is 4.98 Å². The molecule has 0 fully saturated rings. The highest BCUT2D eigenvalue weighted by Gasteiger charge is 2.18. The quantitative estimate of drug-likeness (QED) is 0.936. The van der Waals surface area contributed by atoms with Gasteiger partial charge in [-0.3, -0.25) is 0 Å². The first-order valence-electron chi connectivity index (χ1n) is 6.20. The van der Waals surface area contributed by atoms with Crippen LogP contribution in [0.15, 0.2) is 28.8 Å². The third-order valence-electron chi connectivity index (χ3n) is 3.27. The van der Waals surface area contributed by atoms with Gasteiger partial charge in [0.2, 0.25) is 5.89 Å². The molecule has 0 aliphatic rings. The normalized spacial score (nSPS) is 13.7. The standard InChI is InChI=1S/C14H19N3O.ClH/c1-9-6-4-5-7-12(9)8-13-16-14(18-17-13)10(2)11(3)15;/h4-7,10-11H,8,15H2,1-3H3;1H. The van der Waals surface area contributed by atoms with E-state index in [1.54, 1.807) is 0 Å². The van der Waals surface area contributed by atoms with Crippen LogP contribution in [0.3, 0.4) is 0 Å². The summed E-state index contributed by atoms with van der Waals surface area (Å²) in [7, 11) is 0. The van der Waals surface area contributed by atoms with Gasteiger partial charge in [0.1, 0.15) is 0 Å². The van der Waals surface area contributed by atoms with E-state index in [0.717, 1.165) is 0 Å². The molecule has 0 bridgehead atoms. The smallest absolute Gasteiger partial charge is 0.231 e. The van der Waals surface area contributed by atoms with Crippen LogP contribution in [0.1, 0.15) is 42.6 Å². The number of hydrogen-bond acceptors (Lipinski definition) is 4. The molecular weight excluding hydrogens is 262 g/mol. The predicted octanol–water partition coefficient (Wildman–Crippen LogP) is 2.84. The number of aryl methyl sites for hydroxylation is 1. The fourth-order valence-corrected chi connectivity index (χ4v) is 1.73. The monoisotopic (exact) mass is 281 g/mol. The molecule has 104 valence electrons. The number of rotatable bonds is 4. The highest BCUT2D eigenvalue weighted by molar-refractivity contribution is 5.85. The Morgan fingerprint density at radius 1 is 1.26 bits per heavy atom. The molecule has 2 aromatic rings. The van der Waals surface area contributed by atoms with E-state index in [2.05, 4.69) is 29.2 Å². The number of halogens is 1. The molecule has 1 aromatic heterocycles. The molecule has 0 radical (unpaired) electrons. The van der Waals surface area contributed by atoms with Crippen molar-refractivity contribution in [3.05, 3.63) is 47.1 Å². The van der Waals surface area contributed by atoms with Crippen molar-refractivity contribution in [2.45, 2.75) is 39.2 Å². The third-order valence-corrected chi connectivity index (χ3v) is 3.27. The summed E-state index contributed by atoms with van der Waals surface area (Å²) >= 11 is 0. The molecule has 0 saturated carbocycles. The van der Waals surface area contributed by atoms with E-state index in [-0.39, 0.29) is 24.4 Å². The zero-order valence-corrected chi connectivity index (χ0v) is 12.3. The molecule has 0 amide bonds. The van der Waals surface area contributed by atoms with Crippen molar-refractivity contribution in [2.24, 2.45) is 5.73 Å². The minimum atomic E-state index is 0. The van der Waals surface area contributed by atoms with Gasteiger partial charge < -0.3 is 10.3 Å². The zero-order chi connectivity index (χ0) is 13.1. The van der Waals surface area contributed by atoms with Crippen molar-refractivity contribution < 1.29 is 4.52 Å². The molecule has 2 atom stereocenters. The summed E-state index contributed by atoms with van der Waals surface area (Å²) < 4.78 is 5.26. The van der Waals surface area contributed by atoms with Gasteiger partial charge in [0, 0.05) is 12.5 Å². The summed E-state index contributed by atoms with van der Waals surface area (Å²) in [5.74, 6) is 1.42. The van der Waals surface area contributed by atoms with Crippen LogP contribution in [0.25, 0.3) is 0 Å². The summed E-state index contributed by atoms with van der Waals surface area (Å²) in [5.41, 5.74) is 8.29. The van der Waals surface area contributed by atoms with Gasteiger partial charge in [0.15, 0.2) is 5.82 Å². The Kier molecular flexibility index (Phi) is 5.51. The number of benzene rings is 1. The van der Waals surface area contributed by atoms with E-state index < -0.39 is 0 Å². The highest BCUT2D eigenvalue weighted by atomic mass is 35.5. The first-order chi connectivity index (χ1) is 8.58. The third kappa shape index (κ3) is 3.78. The van der Waals surface area contributed by atoms with Crippen LogP contribution >= 0.6 is 12.4 Å². The topological polar surface area (TPSA) is 64.9 Å². The van der Waals surface area contributed by atoms with E-state index >= 15 is 0 Å². The van der Waals surface area contributed by atoms with Gasteiger partial charge >= 0.3 is 0 Å². The lowest BCUT2D eigenvalue weighted by Crippen LogP contribution is -2.22. The number of aromatic nitrogens is 2. The minimum absolute atomic E-state index is 0. The van der Waals surface area contributed by atoms with Gasteiger partial charge in [0.05, 0.1) is 5.92 Å². The molecule has 4 nitrogen and oxygen atoms in total. The van der Waals surface area contributed by atoms with E-state index in [1.165, 1.54) is 11.1 Å². The van der Waals surface area contributed by atoms with Crippen molar-refractivity contribution in [1.82, 2.24) is 10.1 Å². The van der Waals surface area contributed by atoms with E-state index in [4.69, 9.17) is 10.3 Å². The van der Waals surface area contributed by atoms with Crippen LogP contribution in [0.2, 0.25) is 0 Å². The van der Waals surface area contributed by atoms with E-state index in [0.29, 0.717) is 18.1 Å². The Morgan fingerprint density at radius 3 is 2.58 bits per heavy atom. The second-order valence-electron chi connectivity index (χ2n) is 4.80. The molecular formula is C14H20ClN3O. The summed E-state index contributed by atoms with van der Waals surface area (Å²) in [6.45, 7) is 6.02. The van der Waals surface area contributed by atoms with Crippen molar-refractivity contribution in [3.63, 3.8) is 0 Å². The lowest BCUT2D eigenvalue weighted by Gasteiger charge is -2.09. The van der Waals surface area contributed by atoms with E-state index in [1.807, 2.05) is 26.0 Å². The van der Waals surface area contributed by atoms with Crippen LogP contribution in [0.4, 0.5) is 0 Å². The van der Waals surface area contributed by atoms with Crippen LogP contribution in [-0.2, 0) is 6.42 Å². The van der Waals surface area contributed by atoms with Crippen LogP contribution in [0, 0.1) is 6.92 Å². The van der Waals surface area contributed by atoms with Crippen molar-refractivity contribution in [1.29, 1.82) is 0 Å². The molecule has 5 heteroatoms. The average Bonchev–Trinajstić information content (AvgIpc) is 2.79. The fourth-order valence-electron chi connectivity index (χ4n) is 1.73. The first kappa shape index (κ1) is 15.7. The zero-order valence-electron chi connectivity index (χ0n) is 11.5. The van der Waals surface area contributed by atoms with Crippen molar-refractivity contribution >= 4 is 12.4 Å². The predicted molar refractivity (Wildman–Crippen MR) is 77.6 cm³/mol. The Labute approximate surface area is 119 Å². The Balaban J connectivity index is 0.00000180. The average molecular weight is 282 g/mol. The SMILES string of the molecule is Cc1ccccc1Cc1noc(C(C)C(C)N)n1.Cl. The maximum atomic E-state index is 5.83. The second kappa shape index (κ2) is 6.68. The molecule has 2 N–H and O–H groups in total. The molecule has 2 unspecified atom stereocenters. The summed E-state index contributed by atoms with van der Waals surface area (Å²) in [6, 6.07) is 8.23. The molecule has 0 spiro atoms. The first-order valence-corrected chi connectivity index (χ1v) is 6.20. The van der Waals surface area contributed by atoms with Crippen LogP contribution < -0.4 is 5.73 Å². The maximum absolute atomic E-state index is 5.83. The highest BCUT2D eigenvalue weighted by Crippen LogP contribution is 2.17. The lowest BCUT2D eigenvalue weighted by molar-refractivity contribution is 0.343. The van der Waals surface area contributed by atoms with Gasteiger partial charge in [-0.05, 0) is 25.0 Å². The summed E-state index contributed by atoms with van der Waals surface area (Å²) in [5, 5.41) is 4.01. The molecule has 0 aliphatic carbocycles. The van der Waals surface area contributed by atoms with Crippen molar-refractivity contribution in [2.75, 3.05) is 0 Å². The summed E-state index contributed by atoms with van der Waals surface area (Å²) in [6.07, 6.45) is 0.696. The van der Waals surface area contributed by atoms with E-state index in [9.17, 15) is 0 Å². The second-order valence-corrected chi connectivity index (χ2v) is 4.80. The van der Waals surface area contributed by atoms with Gasteiger partial charge in [0.25, 0.3) is 0 Å². The molecule has 2 rings (SSSR count). The van der Waals surface area contributed by atoms with Crippen molar-refractivity contribution in [3.8, 4) is 0 Å². The van der Waals surface area contributed by atoms with Crippen LogP contribution in [0.5, 0.6) is 0 Å². The lowest BCUT2D eigenvalue weighted by atomic mass is 10.0. The maximum Gasteiger partial charge on any atom is 0.231 e. The Morgan fingerprint density at radius 2 is 1.95 bits per heavy atom. The molecule has 19 heavy (non-hydrogen) atoms. The van der Waals surface area contributed by atoms with Gasteiger partial charge in [-0.25, -0.2) is 0 Å². The minimum Gasteiger partial charge on any atom is -0.339 e. The number of nitrogens with zero attached hydrogens (tertiary/aromatic N) is 2. The molecule has 1 heterocycles. The largest absolute Gasteiger partial charge is 0.339 e. The summed E-state index contributed by atoms with van der Waals surface area (Å²) in [4.78, 5) is 4.41. The molecule has 0 saturated heterocycles. The van der Waals surface area contributed by atoms with Gasteiger partial charge in [-0.15, -0.1) is 12.4 Å². The number of hydrogen-bond donors (Lipinski definition) is 1. The molecule has 0 aliphatic heterocycles. The molecule has 1 aromatic carbocycles. The number of nitrogens with two attached hydrogens (primary N) is 1.